The molecule has 186 valence electrons. The van der Waals surface area contributed by atoms with Gasteiger partial charge in [-0.25, -0.2) is 24.9 Å². The van der Waals surface area contributed by atoms with Gasteiger partial charge in [-0.2, -0.15) is 18.4 Å². The average Bonchev–Trinajstić information content (AvgIpc) is 3.67. The molecule has 1 aliphatic rings. The first-order valence-corrected chi connectivity index (χ1v) is 11.3. The second-order valence-corrected chi connectivity index (χ2v) is 8.62. The number of aromatic nitrogens is 6. The first kappa shape index (κ1) is 24.1. The van der Waals surface area contributed by atoms with E-state index in [2.05, 4.69) is 36.3 Å². The van der Waals surface area contributed by atoms with Crippen LogP contribution in [-0.4, -0.2) is 35.7 Å². The molecule has 0 aliphatic heterocycles. The molecule has 5 rings (SSSR count). The van der Waals surface area contributed by atoms with Gasteiger partial charge in [0, 0.05) is 43.7 Å². The first-order valence-electron chi connectivity index (χ1n) is 11.3. The largest absolute Gasteiger partial charge is 0.434 e. The number of nitriles is 1. The van der Waals surface area contributed by atoms with E-state index in [1.54, 1.807) is 24.3 Å². The van der Waals surface area contributed by atoms with Crippen LogP contribution in [0.25, 0.3) is 22.8 Å². The van der Waals surface area contributed by atoms with Crippen LogP contribution >= 0.6 is 0 Å². The molecule has 3 aromatic heterocycles. The van der Waals surface area contributed by atoms with E-state index in [0.29, 0.717) is 34.9 Å². The standard InChI is InChI=1S/C25H20F3N9/c1-37-12-19(25(26,27)28)35-24(37)16-4-2-14(3-5-16)10-31-22-17(8-29)11-32-23(36-22)20-18(9-30)33-13-34-21(20)15-6-7-15/h2-5,8,11-13,15,29H,6-7,10H2,1H3,(H,31,32,36). The summed E-state index contributed by atoms with van der Waals surface area (Å²) in [6.07, 6.45) is 2.41. The zero-order valence-corrected chi connectivity index (χ0v) is 19.6. The van der Waals surface area contributed by atoms with E-state index >= 15 is 0 Å². The molecule has 1 aromatic carbocycles. The molecule has 4 aromatic rings. The Kier molecular flexibility index (Phi) is 6.12. The number of hydrogen-bond acceptors (Lipinski definition) is 8. The van der Waals surface area contributed by atoms with Crippen molar-refractivity contribution < 1.29 is 13.2 Å². The molecule has 9 nitrogen and oxygen atoms in total. The summed E-state index contributed by atoms with van der Waals surface area (Å²) in [6, 6.07) is 9.04. The van der Waals surface area contributed by atoms with Gasteiger partial charge >= 0.3 is 6.18 Å². The molecule has 0 saturated heterocycles. The van der Waals surface area contributed by atoms with Gasteiger partial charge in [-0.1, -0.05) is 24.3 Å². The molecular weight excluding hydrogens is 483 g/mol. The van der Waals surface area contributed by atoms with Crippen LogP contribution < -0.4 is 5.32 Å². The number of rotatable bonds is 7. The van der Waals surface area contributed by atoms with Gasteiger partial charge in [0.15, 0.2) is 17.2 Å². The Balaban J connectivity index is 1.39. The average molecular weight is 503 g/mol. The van der Waals surface area contributed by atoms with Crippen molar-refractivity contribution >= 4 is 12.0 Å². The Morgan fingerprint density at radius 2 is 1.92 bits per heavy atom. The number of hydrogen-bond donors (Lipinski definition) is 2. The van der Waals surface area contributed by atoms with E-state index in [1.807, 2.05) is 0 Å². The molecule has 0 spiro atoms. The smallest absolute Gasteiger partial charge is 0.365 e. The van der Waals surface area contributed by atoms with Crippen molar-refractivity contribution in [2.45, 2.75) is 31.5 Å². The summed E-state index contributed by atoms with van der Waals surface area (Å²) < 4.78 is 40.3. The Morgan fingerprint density at radius 3 is 2.54 bits per heavy atom. The van der Waals surface area contributed by atoms with Crippen molar-refractivity contribution in [2.75, 3.05) is 5.32 Å². The number of aryl methyl sites for hydroxylation is 1. The highest BCUT2D eigenvalue weighted by Crippen LogP contribution is 2.43. The lowest BCUT2D eigenvalue weighted by Crippen LogP contribution is -2.08. The minimum atomic E-state index is -4.51. The fraction of sp³-hybridized carbons (Fsp3) is 0.240. The molecule has 3 heterocycles. The van der Waals surface area contributed by atoms with Crippen LogP contribution in [-0.2, 0) is 19.8 Å². The quantitative estimate of drug-likeness (QED) is 0.349. The van der Waals surface area contributed by atoms with Gasteiger partial charge < -0.3 is 15.3 Å². The first-order chi connectivity index (χ1) is 17.8. The fourth-order valence-electron chi connectivity index (χ4n) is 3.96. The van der Waals surface area contributed by atoms with Crippen molar-refractivity contribution in [1.29, 1.82) is 10.7 Å². The van der Waals surface area contributed by atoms with Gasteiger partial charge in [0.1, 0.15) is 24.0 Å². The summed E-state index contributed by atoms with van der Waals surface area (Å²) in [7, 11) is 1.52. The monoisotopic (exact) mass is 503 g/mol. The molecule has 0 bridgehead atoms. The normalized spacial score (nSPS) is 13.3. The lowest BCUT2D eigenvalue weighted by Gasteiger charge is -2.12. The maximum absolute atomic E-state index is 13.0. The zero-order chi connectivity index (χ0) is 26.2. The molecule has 12 heteroatoms. The molecule has 0 unspecified atom stereocenters. The van der Waals surface area contributed by atoms with Crippen LogP contribution in [0.4, 0.5) is 19.0 Å². The van der Waals surface area contributed by atoms with Crippen LogP contribution in [0.5, 0.6) is 0 Å². The lowest BCUT2D eigenvalue weighted by atomic mass is 10.1. The van der Waals surface area contributed by atoms with Crippen molar-refractivity contribution in [2.24, 2.45) is 7.05 Å². The summed E-state index contributed by atoms with van der Waals surface area (Å²) in [5.41, 5.74) is 2.35. The number of alkyl halides is 3. The van der Waals surface area contributed by atoms with Crippen LogP contribution in [0, 0.1) is 16.7 Å². The van der Waals surface area contributed by atoms with Gasteiger partial charge in [0.25, 0.3) is 0 Å². The Labute approximate surface area is 209 Å². The van der Waals surface area contributed by atoms with Crippen molar-refractivity contribution in [3.8, 4) is 28.8 Å². The van der Waals surface area contributed by atoms with E-state index in [1.165, 1.54) is 24.1 Å². The number of nitrogens with one attached hydrogen (secondary N) is 2. The van der Waals surface area contributed by atoms with E-state index in [4.69, 9.17) is 5.41 Å². The lowest BCUT2D eigenvalue weighted by molar-refractivity contribution is -0.140. The molecule has 0 radical (unpaired) electrons. The van der Waals surface area contributed by atoms with Crippen LogP contribution in [0.2, 0.25) is 0 Å². The number of imidazole rings is 1. The molecule has 0 atom stereocenters. The Bertz CT molecular complexity index is 1510. The van der Waals surface area contributed by atoms with Crippen LogP contribution in [0.3, 0.4) is 0 Å². The summed E-state index contributed by atoms with van der Waals surface area (Å²) >= 11 is 0. The van der Waals surface area contributed by atoms with Crippen LogP contribution in [0.1, 0.15) is 47.0 Å². The Morgan fingerprint density at radius 1 is 1.16 bits per heavy atom. The highest BCUT2D eigenvalue weighted by Gasteiger charge is 2.34. The second-order valence-electron chi connectivity index (χ2n) is 8.62. The number of benzene rings is 1. The minimum absolute atomic E-state index is 0.198. The van der Waals surface area contributed by atoms with E-state index in [-0.39, 0.29) is 17.4 Å². The highest BCUT2D eigenvalue weighted by molar-refractivity contribution is 5.84. The molecule has 37 heavy (non-hydrogen) atoms. The third-order valence-electron chi connectivity index (χ3n) is 5.98. The molecule has 1 saturated carbocycles. The third-order valence-corrected chi connectivity index (χ3v) is 5.98. The number of halogens is 3. The number of anilines is 1. The molecule has 1 aliphatic carbocycles. The Hall–Kier alpha value is -4.66. The molecule has 2 N–H and O–H groups in total. The molecular formula is C25H20F3N9. The number of nitrogens with zero attached hydrogens (tertiary/aromatic N) is 7. The van der Waals surface area contributed by atoms with E-state index in [9.17, 15) is 18.4 Å². The van der Waals surface area contributed by atoms with Crippen molar-refractivity contribution in [1.82, 2.24) is 29.5 Å². The topological polar surface area (TPSA) is 129 Å². The van der Waals surface area contributed by atoms with Gasteiger partial charge in [-0.15, -0.1) is 0 Å². The van der Waals surface area contributed by atoms with E-state index in [0.717, 1.165) is 36.5 Å². The predicted molar refractivity (Wildman–Crippen MR) is 129 cm³/mol. The predicted octanol–water partition coefficient (Wildman–Crippen LogP) is 4.71. The zero-order valence-electron chi connectivity index (χ0n) is 19.6. The SMILES string of the molecule is Cn1cc(C(F)(F)F)nc1-c1ccc(CNc2nc(-c3c(C#N)ncnc3C3CC3)ncc2C=N)cc1. The van der Waals surface area contributed by atoms with Gasteiger partial charge in [0.05, 0.1) is 16.8 Å². The summed E-state index contributed by atoms with van der Waals surface area (Å²) in [5.74, 6) is 1.16. The summed E-state index contributed by atoms with van der Waals surface area (Å²) in [6.45, 7) is 0.331. The maximum atomic E-state index is 13.0. The van der Waals surface area contributed by atoms with Gasteiger partial charge in [0.2, 0.25) is 0 Å². The van der Waals surface area contributed by atoms with Gasteiger partial charge in [-0.05, 0) is 18.4 Å². The van der Waals surface area contributed by atoms with Crippen LogP contribution in [0.15, 0.2) is 43.0 Å². The maximum Gasteiger partial charge on any atom is 0.434 e. The van der Waals surface area contributed by atoms with E-state index < -0.39 is 11.9 Å². The highest BCUT2D eigenvalue weighted by atomic mass is 19.4. The van der Waals surface area contributed by atoms with Gasteiger partial charge in [-0.3, -0.25) is 0 Å². The third kappa shape index (κ3) is 4.88. The van der Waals surface area contributed by atoms with Crippen molar-refractivity contribution in [3.05, 3.63) is 71.2 Å². The molecule has 1 fully saturated rings. The van der Waals surface area contributed by atoms with Crippen molar-refractivity contribution in [3.63, 3.8) is 0 Å². The minimum Gasteiger partial charge on any atom is -0.365 e. The summed E-state index contributed by atoms with van der Waals surface area (Å²) in [4.78, 5) is 21.1. The molecule has 0 amide bonds. The second kappa shape index (κ2) is 9.42. The fourth-order valence-corrected chi connectivity index (χ4v) is 3.96. The summed E-state index contributed by atoms with van der Waals surface area (Å²) in [5, 5.41) is 20.5.